The van der Waals surface area contributed by atoms with Gasteiger partial charge in [0.2, 0.25) is 11.9 Å². The first-order chi connectivity index (χ1) is 15.2. The zero-order valence-corrected chi connectivity index (χ0v) is 17.1. The molecule has 2 aromatic carbocycles. The van der Waals surface area contributed by atoms with Crippen LogP contribution in [0.15, 0.2) is 67.0 Å². The second-order valence-corrected chi connectivity index (χ2v) is 6.92. The van der Waals surface area contributed by atoms with E-state index in [1.54, 1.807) is 6.92 Å². The summed E-state index contributed by atoms with van der Waals surface area (Å²) in [6.45, 7) is 1.91. The molecule has 3 aromatic rings. The largest absolute Gasteiger partial charge is 0.416 e. The summed E-state index contributed by atoms with van der Waals surface area (Å²) < 4.78 is 39.2. The highest BCUT2D eigenvalue weighted by atomic mass is 19.4. The molecule has 1 heterocycles. The number of benzene rings is 2. The minimum atomic E-state index is -4.42. The lowest BCUT2D eigenvalue weighted by atomic mass is 10.0. The van der Waals surface area contributed by atoms with E-state index in [1.165, 1.54) is 29.2 Å². The summed E-state index contributed by atoms with van der Waals surface area (Å²) in [4.78, 5) is 28.1. The van der Waals surface area contributed by atoms with Crippen LogP contribution in [0.4, 0.5) is 19.1 Å². The molecule has 7 nitrogen and oxygen atoms in total. The lowest BCUT2D eigenvalue weighted by Crippen LogP contribution is -2.27. The molecule has 0 saturated carbocycles. The smallest absolute Gasteiger partial charge is 0.350 e. The van der Waals surface area contributed by atoms with Gasteiger partial charge in [0.25, 0.3) is 5.91 Å². The fourth-order valence-corrected chi connectivity index (χ4v) is 2.78. The number of hydrogen-bond donors (Lipinski definition) is 2. The van der Waals surface area contributed by atoms with Crippen molar-refractivity contribution >= 4 is 23.3 Å². The first-order valence-corrected chi connectivity index (χ1v) is 9.58. The Hall–Kier alpha value is -3.95. The maximum Gasteiger partial charge on any atom is 0.416 e. The summed E-state index contributed by atoms with van der Waals surface area (Å²) in [5, 5.41) is 9.24. The third-order valence-corrected chi connectivity index (χ3v) is 4.42. The maximum absolute atomic E-state index is 12.7. The van der Waals surface area contributed by atoms with Gasteiger partial charge >= 0.3 is 6.18 Å². The van der Waals surface area contributed by atoms with Crippen molar-refractivity contribution in [3.63, 3.8) is 0 Å². The Labute approximate surface area is 182 Å². The van der Waals surface area contributed by atoms with E-state index in [2.05, 4.69) is 20.7 Å². The van der Waals surface area contributed by atoms with Gasteiger partial charge in [0.05, 0.1) is 5.56 Å². The number of nitrogens with zero attached hydrogens (tertiary/aromatic N) is 3. The number of hydrogen-bond acceptors (Lipinski definition) is 4. The number of anilines is 1. The predicted octanol–water partition coefficient (Wildman–Crippen LogP) is 3.66. The second-order valence-electron chi connectivity index (χ2n) is 6.92. The van der Waals surface area contributed by atoms with Crippen LogP contribution in [0.1, 0.15) is 23.6 Å². The number of carbonyl (C=O) groups is 2. The highest BCUT2D eigenvalue weighted by Gasteiger charge is 2.29. The molecule has 0 atom stereocenters. The van der Waals surface area contributed by atoms with Gasteiger partial charge in [-0.25, -0.2) is 9.67 Å². The molecular formula is C22H20F3N5O2. The number of rotatable bonds is 7. The van der Waals surface area contributed by atoms with Crippen LogP contribution in [0, 0.1) is 0 Å². The Balaban J connectivity index is 1.53. The van der Waals surface area contributed by atoms with Gasteiger partial charge in [0.1, 0.15) is 12.9 Å². The van der Waals surface area contributed by atoms with Crippen LogP contribution in [-0.2, 0) is 28.9 Å². The number of amides is 2. The van der Waals surface area contributed by atoms with Crippen molar-refractivity contribution in [1.82, 2.24) is 20.1 Å². The Bertz CT molecular complexity index is 1110. The Morgan fingerprint density at radius 1 is 1.06 bits per heavy atom. The molecule has 0 unspecified atom stereocenters. The summed E-state index contributed by atoms with van der Waals surface area (Å²) in [5.41, 5.74) is 1.14. The standard InChI is InChI=1S/C22H20F3N5O2/c1-15(17-7-9-18(10-8-17)22(23,24)25)11-19(31)28-21-27-14-30(29-21)13-20(32)26-12-16-5-3-2-4-6-16/h2-11,14H,12-13H2,1H3,(H,26,32)(H,28,29,31). The van der Waals surface area contributed by atoms with Crippen molar-refractivity contribution < 1.29 is 22.8 Å². The van der Waals surface area contributed by atoms with Gasteiger partial charge < -0.3 is 5.32 Å². The van der Waals surface area contributed by atoms with Gasteiger partial charge in [-0.3, -0.25) is 14.9 Å². The minimum Gasteiger partial charge on any atom is -0.350 e. The molecule has 0 saturated heterocycles. The van der Waals surface area contributed by atoms with E-state index >= 15 is 0 Å². The Morgan fingerprint density at radius 3 is 2.41 bits per heavy atom. The molecule has 0 fully saturated rings. The lowest BCUT2D eigenvalue weighted by molar-refractivity contribution is -0.137. The monoisotopic (exact) mass is 443 g/mol. The molecule has 166 valence electrons. The van der Waals surface area contributed by atoms with Gasteiger partial charge in [0, 0.05) is 12.6 Å². The molecular weight excluding hydrogens is 423 g/mol. The van der Waals surface area contributed by atoms with Crippen molar-refractivity contribution in [3.05, 3.63) is 83.7 Å². The average molecular weight is 443 g/mol. The number of halogens is 3. The number of alkyl halides is 3. The molecule has 32 heavy (non-hydrogen) atoms. The van der Waals surface area contributed by atoms with Gasteiger partial charge in [-0.05, 0) is 35.8 Å². The molecule has 0 aliphatic rings. The minimum absolute atomic E-state index is 0.00216. The average Bonchev–Trinajstić information content (AvgIpc) is 3.18. The van der Waals surface area contributed by atoms with Crippen LogP contribution in [-0.4, -0.2) is 26.6 Å². The fourth-order valence-electron chi connectivity index (χ4n) is 2.78. The summed E-state index contributed by atoms with van der Waals surface area (Å²) in [6.07, 6.45) is -1.88. The fraction of sp³-hybridized carbons (Fsp3) is 0.182. The van der Waals surface area contributed by atoms with Crippen LogP contribution in [0.5, 0.6) is 0 Å². The molecule has 0 radical (unpaired) electrons. The third-order valence-electron chi connectivity index (χ3n) is 4.42. The lowest BCUT2D eigenvalue weighted by Gasteiger charge is -2.08. The van der Waals surface area contributed by atoms with E-state index in [0.29, 0.717) is 17.7 Å². The number of carbonyl (C=O) groups excluding carboxylic acids is 2. The van der Waals surface area contributed by atoms with E-state index in [1.807, 2.05) is 30.3 Å². The molecule has 0 aliphatic heterocycles. The highest BCUT2D eigenvalue weighted by Crippen LogP contribution is 2.30. The van der Waals surface area contributed by atoms with Crippen LogP contribution in [0.2, 0.25) is 0 Å². The SMILES string of the molecule is CC(=CC(=O)Nc1ncn(CC(=O)NCc2ccccc2)n1)c1ccc(C(F)(F)F)cc1. The van der Waals surface area contributed by atoms with Crippen molar-refractivity contribution in [2.45, 2.75) is 26.2 Å². The summed E-state index contributed by atoms with van der Waals surface area (Å²) in [5.74, 6) is -0.814. The molecule has 3 rings (SSSR count). The van der Waals surface area contributed by atoms with Crippen LogP contribution >= 0.6 is 0 Å². The van der Waals surface area contributed by atoms with E-state index < -0.39 is 17.6 Å². The molecule has 1 aromatic heterocycles. The van der Waals surface area contributed by atoms with E-state index in [-0.39, 0.29) is 18.4 Å². The zero-order chi connectivity index (χ0) is 23.1. The van der Waals surface area contributed by atoms with Crippen molar-refractivity contribution in [1.29, 1.82) is 0 Å². The normalized spacial score (nSPS) is 11.8. The Kier molecular flexibility index (Phi) is 7.04. The van der Waals surface area contributed by atoms with Crippen LogP contribution in [0.3, 0.4) is 0 Å². The number of nitrogens with one attached hydrogen (secondary N) is 2. The third kappa shape index (κ3) is 6.53. The van der Waals surface area contributed by atoms with Gasteiger partial charge in [-0.2, -0.15) is 13.2 Å². The van der Waals surface area contributed by atoms with Gasteiger partial charge in [-0.15, -0.1) is 5.10 Å². The van der Waals surface area contributed by atoms with Crippen molar-refractivity contribution in [2.75, 3.05) is 5.32 Å². The predicted molar refractivity (Wildman–Crippen MR) is 112 cm³/mol. The van der Waals surface area contributed by atoms with E-state index in [4.69, 9.17) is 0 Å². The second kappa shape index (κ2) is 9.90. The molecule has 2 amide bonds. The van der Waals surface area contributed by atoms with E-state index in [9.17, 15) is 22.8 Å². The summed E-state index contributed by atoms with van der Waals surface area (Å²) in [7, 11) is 0. The summed E-state index contributed by atoms with van der Waals surface area (Å²) >= 11 is 0. The van der Waals surface area contributed by atoms with E-state index in [0.717, 1.165) is 17.7 Å². The topological polar surface area (TPSA) is 88.9 Å². The maximum atomic E-state index is 12.7. The molecule has 0 spiro atoms. The highest BCUT2D eigenvalue weighted by molar-refractivity contribution is 6.02. The molecule has 2 N–H and O–H groups in total. The molecule has 0 aliphatic carbocycles. The van der Waals surface area contributed by atoms with Gasteiger partial charge in [0.15, 0.2) is 0 Å². The summed E-state index contributed by atoms with van der Waals surface area (Å²) in [6, 6.07) is 13.9. The molecule has 0 bridgehead atoms. The number of allylic oxidation sites excluding steroid dienone is 1. The van der Waals surface area contributed by atoms with Crippen LogP contribution in [0.25, 0.3) is 5.57 Å². The molecule has 10 heteroatoms. The number of aromatic nitrogens is 3. The quantitative estimate of drug-likeness (QED) is 0.546. The Morgan fingerprint density at radius 2 is 1.75 bits per heavy atom. The van der Waals surface area contributed by atoms with Gasteiger partial charge in [-0.1, -0.05) is 42.5 Å². The first kappa shape index (κ1) is 22.7. The zero-order valence-electron chi connectivity index (χ0n) is 17.1. The van der Waals surface area contributed by atoms with Crippen molar-refractivity contribution in [3.8, 4) is 0 Å². The van der Waals surface area contributed by atoms with Crippen molar-refractivity contribution in [2.24, 2.45) is 0 Å². The van der Waals surface area contributed by atoms with Crippen LogP contribution < -0.4 is 10.6 Å². The first-order valence-electron chi connectivity index (χ1n) is 9.58.